The van der Waals surface area contributed by atoms with E-state index in [1.165, 1.54) is 13.4 Å². The number of nitrogens with zero attached hydrogens (tertiary/aromatic N) is 2. The molecule has 0 saturated heterocycles. The topological polar surface area (TPSA) is 59.1 Å². The molecular weight excluding hydrogens is 431 g/mol. The van der Waals surface area contributed by atoms with E-state index in [2.05, 4.69) is 15.3 Å². The molecule has 0 spiro atoms. The third-order valence-electron chi connectivity index (χ3n) is 2.62. The number of methoxy groups -OCH3 is 1. The third-order valence-corrected chi connectivity index (χ3v) is 3.66. The molecule has 1 aromatic heterocycles. The number of allylic oxidation sites excluding steroid dienone is 1. The molecule has 5 nitrogen and oxygen atoms in total. The van der Waals surface area contributed by atoms with Crippen molar-refractivity contribution >= 4 is 81.3 Å². The van der Waals surface area contributed by atoms with Gasteiger partial charge < -0.3 is 14.5 Å². The van der Waals surface area contributed by atoms with Gasteiger partial charge in [0.05, 0.1) is 13.4 Å². The van der Waals surface area contributed by atoms with E-state index in [-0.39, 0.29) is 11.7 Å². The lowest BCUT2D eigenvalue weighted by Gasteiger charge is -2.23. The lowest BCUT2D eigenvalue weighted by Crippen LogP contribution is -2.39. The van der Waals surface area contributed by atoms with Gasteiger partial charge in [-0.25, -0.2) is 9.98 Å². The van der Waals surface area contributed by atoms with Crippen molar-refractivity contribution in [2.24, 2.45) is 9.98 Å². The van der Waals surface area contributed by atoms with Crippen LogP contribution in [0.5, 0.6) is 5.75 Å². The van der Waals surface area contributed by atoms with Gasteiger partial charge in [0.2, 0.25) is 7.59 Å². The average molecular weight is 440 g/mol. The van der Waals surface area contributed by atoms with Gasteiger partial charge in [-0.05, 0) is 6.08 Å². The molecule has 0 aliphatic carbocycles. The molecule has 0 bridgehead atoms. The van der Waals surface area contributed by atoms with Crippen molar-refractivity contribution in [1.29, 1.82) is 0 Å². The SMILES string of the molecule is COc1ccoc1C/C=C1/N=C(C(Cl)(Cl)Cl)N=C(C(Cl)(Cl)Cl)N1. The standard InChI is InChI=1S/C12H9Cl6N3O2/c1-22-6-4-5-23-7(6)2-3-8-19-9(11(13,14)15)21-10(20-8)12(16,17)18/h3-5H,2H2,1H3,(H,19,20,21). The highest BCUT2D eigenvalue weighted by molar-refractivity contribution is 6.79. The van der Waals surface area contributed by atoms with Gasteiger partial charge in [-0.15, -0.1) is 0 Å². The van der Waals surface area contributed by atoms with E-state index in [9.17, 15) is 0 Å². The zero-order valence-corrected chi connectivity index (χ0v) is 16.0. The van der Waals surface area contributed by atoms with Crippen molar-refractivity contribution < 1.29 is 9.15 Å². The Morgan fingerprint density at radius 2 is 1.87 bits per heavy atom. The number of amidine groups is 2. The van der Waals surface area contributed by atoms with Crippen LogP contribution in [0.3, 0.4) is 0 Å². The second-order valence-corrected chi connectivity index (χ2v) is 8.78. The van der Waals surface area contributed by atoms with Gasteiger partial charge in [0, 0.05) is 12.5 Å². The van der Waals surface area contributed by atoms with Crippen LogP contribution >= 0.6 is 69.6 Å². The maximum Gasteiger partial charge on any atom is 0.250 e. The minimum absolute atomic E-state index is 0.0310. The molecule has 0 atom stereocenters. The molecule has 1 aliphatic heterocycles. The Morgan fingerprint density at radius 3 is 2.43 bits per heavy atom. The number of hydrogen-bond acceptors (Lipinski definition) is 5. The first-order chi connectivity index (χ1) is 10.6. The van der Waals surface area contributed by atoms with Crippen LogP contribution in [-0.4, -0.2) is 26.4 Å². The molecule has 0 saturated carbocycles. The summed E-state index contributed by atoms with van der Waals surface area (Å²) in [5.74, 6) is 1.32. The zero-order valence-electron chi connectivity index (χ0n) is 11.4. The molecule has 0 amide bonds. The van der Waals surface area contributed by atoms with Crippen LogP contribution in [0.1, 0.15) is 5.76 Å². The van der Waals surface area contributed by atoms with E-state index in [0.29, 0.717) is 23.8 Å². The number of ether oxygens (including phenoxy) is 1. The van der Waals surface area contributed by atoms with Gasteiger partial charge >= 0.3 is 0 Å². The number of nitrogens with one attached hydrogen (secondary N) is 1. The van der Waals surface area contributed by atoms with Gasteiger partial charge in [-0.1, -0.05) is 69.6 Å². The molecule has 1 aliphatic rings. The summed E-state index contributed by atoms with van der Waals surface area (Å²) in [6.45, 7) is 0. The molecule has 0 unspecified atom stereocenters. The van der Waals surface area contributed by atoms with Gasteiger partial charge in [0.25, 0.3) is 0 Å². The number of halogens is 6. The van der Waals surface area contributed by atoms with Crippen molar-refractivity contribution in [3.8, 4) is 5.75 Å². The minimum atomic E-state index is -1.87. The Bertz CT molecular complexity index is 669. The van der Waals surface area contributed by atoms with Crippen LogP contribution in [0.4, 0.5) is 0 Å². The van der Waals surface area contributed by atoms with E-state index in [0.717, 1.165) is 0 Å². The van der Waals surface area contributed by atoms with Gasteiger partial charge in [0.1, 0.15) is 11.6 Å². The normalized spacial score (nSPS) is 17.6. The first kappa shape index (κ1) is 19.0. The van der Waals surface area contributed by atoms with Crippen molar-refractivity contribution in [3.05, 3.63) is 30.0 Å². The molecule has 126 valence electrons. The lowest BCUT2D eigenvalue weighted by atomic mass is 10.3. The largest absolute Gasteiger partial charge is 0.493 e. The van der Waals surface area contributed by atoms with Crippen molar-refractivity contribution in [1.82, 2.24) is 5.32 Å². The van der Waals surface area contributed by atoms with Crippen molar-refractivity contribution in [2.75, 3.05) is 7.11 Å². The molecule has 0 aromatic carbocycles. The monoisotopic (exact) mass is 437 g/mol. The summed E-state index contributed by atoms with van der Waals surface area (Å²) < 4.78 is 6.74. The predicted molar refractivity (Wildman–Crippen MR) is 95.6 cm³/mol. The fourth-order valence-corrected chi connectivity index (χ4v) is 2.15. The Balaban J connectivity index is 2.30. The second-order valence-electron chi connectivity index (χ2n) is 4.22. The molecule has 1 aromatic rings. The molecule has 11 heteroatoms. The summed E-state index contributed by atoms with van der Waals surface area (Å²) >= 11 is 34.9. The quantitative estimate of drug-likeness (QED) is 0.687. The van der Waals surface area contributed by atoms with Crippen molar-refractivity contribution in [2.45, 2.75) is 14.0 Å². The summed E-state index contributed by atoms with van der Waals surface area (Å²) in [4.78, 5) is 8.02. The molecule has 0 fully saturated rings. The highest BCUT2D eigenvalue weighted by atomic mass is 35.6. The van der Waals surface area contributed by atoms with E-state index in [4.69, 9.17) is 78.8 Å². The number of aliphatic imine (C=N–C) groups is 2. The molecule has 1 N–H and O–H groups in total. The van der Waals surface area contributed by atoms with Crippen LogP contribution in [0.25, 0.3) is 0 Å². The van der Waals surface area contributed by atoms with Gasteiger partial charge in [-0.2, -0.15) is 0 Å². The molecular formula is C12H9Cl6N3O2. The zero-order chi connectivity index (χ0) is 17.3. The fourth-order valence-electron chi connectivity index (χ4n) is 1.63. The highest BCUT2D eigenvalue weighted by Gasteiger charge is 2.36. The fraction of sp³-hybridized carbons (Fsp3) is 0.333. The summed E-state index contributed by atoms with van der Waals surface area (Å²) in [6, 6.07) is 1.69. The number of furan rings is 1. The lowest BCUT2D eigenvalue weighted by molar-refractivity contribution is 0.394. The van der Waals surface area contributed by atoms with Crippen LogP contribution in [0.15, 0.2) is 38.6 Å². The van der Waals surface area contributed by atoms with Crippen LogP contribution < -0.4 is 10.1 Å². The summed E-state index contributed by atoms with van der Waals surface area (Å²) in [5.41, 5.74) is 0. The molecule has 23 heavy (non-hydrogen) atoms. The van der Waals surface area contributed by atoms with Crippen LogP contribution in [0, 0.1) is 0 Å². The van der Waals surface area contributed by atoms with E-state index >= 15 is 0 Å². The Morgan fingerprint density at radius 1 is 1.17 bits per heavy atom. The third kappa shape index (κ3) is 5.08. The van der Waals surface area contributed by atoms with Crippen LogP contribution in [0.2, 0.25) is 0 Å². The van der Waals surface area contributed by atoms with E-state index in [1.54, 1.807) is 12.1 Å². The minimum Gasteiger partial charge on any atom is -0.493 e. The average Bonchev–Trinajstić information content (AvgIpc) is 2.90. The van der Waals surface area contributed by atoms with Crippen LogP contribution in [-0.2, 0) is 6.42 Å². The number of hydrogen-bond donors (Lipinski definition) is 1. The number of alkyl halides is 6. The van der Waals surface area contributed by atoms with E-state index in [1.807, 2.05) is 0 Å². The van der Waals surface area contributed by atoms with E-state index < -0.39 is 7.59 Å². The first-order valence-corrected chi connectivity index (χ1v) is 8.27. The molecule has 2 heterocycles. The Kier molecular flexibility index (Phi) is 6.04. The Hall–Kier alpha value is -0.300. The number of rotatable bonds is 3. The highest BCUT2D eigenvalue weighted by Crippen LogP contribution is 2.34. The molecule has 2 rings (SSSR count). The summed E-state index contributed by atoms with van der Waals surface area (Å²) in [5, 5.41) is 2.76. The van der Waals surface area contributed by atoms with Crippen molar-refractivity contribution in [3.63, 3.8) is 0 Å². The summed E-state index contributed by atoms with van der Waals surface area (Å²) in [7, 11) is 1.53. The summed E-state index contributed by atoms with van der Waals surface area (Å²) in [6.07, 6.45) is 3.51. The van der Waals surface area contributed by atoms with Gasteiger partial charge in [0.15, 0.2) is 17.4 Å². The second kappa shape index (κ2) is 7.30. The first-order valence-electron chi connectivity index (χ1n) is 6.00. The smallest absolute Gasteiger partial charge is 0.250 e. The Labute approximate surface area is 162 Å². The maximum absolute atomic E-state index is 5.83. The predicted octanol–water partition coefficient (Wildman–Crippen LogP) is 4.81. The van der Waals surface area contributed by atoms with Gasteiger partial charge in [-0.3, -0.25) is 0 Å². The molecule has 0 radical (unpaired) electrons. The maximum atomic E-state index is 5.83.